The van der Waals surface area contributed by atoms with Crippen molar-refractivity contribution < 1.29 is 9.47 Å². The van der Waals surface area contributed by atoms with Gasteiger partial charge in [0.25, 0.3) is 0 Å². The Morgan fingerprint density at radius 1 is 0.720 bits per heavy atom. The highest BCUT2D eigenvalue weighted by molar-refractivity contribution is 6.18. The second-order valence-electron chi connectivity index (χ2n) is 6.57. The summed E-state index contributed by atoms with van der Waals surface area (Å²) in [5.41, 5.74) is 1.90. The SMILES string of the molecule is CCCCCCCCCCCCOc1cc(CCl)c(OC)cc1CCl. The Morgan fingerprint density at radius 2 is 1.20 bits per heavy atom. The molecule has 1 aromatic rings. The van der Waals surface area contributed by atoms with Gasteiger partial charge in [0.2, 0.25) is 0 Å². The molecule has 0 radical (unpaired) electrons. The molecule has 1 rings (SSSR count). The van der Waals surface area contributed by atoms with E-state index >= 15 is 0 Å². The molecule has 25 heavy (non-hydrogen) atoms. The number of ether oxygens (including phenoxy) is 2. The van der Waals surface area contributed by atoms with Gasteiger partial charge in [0.1, 0.15) is 11.5 Å². The molecule has 0 spiro atoms. The third-order valence-corrected chi connectivity index (χ3v) is 5.08. The number of alkyl halides is 2. The zero-order chi connectivity index (χ0) is 18.3. The molecule has 2 nitrogen and oxygen atoms in total. The minimum absolute atomic E-state index is 0.403. The van der Waals surface area contributed by atoms with Gasteiger partial charge in [-0.05, 0) is 18.6 Å². The molecule has 0 aliphatic carbocycles. The highest BCUT2D eigenvalue weighted by Gasteiger charge is 2.10. The Balaban J connectivity index is 2.21. The van der Waals surface area contributed by atoms with Crippen LogP contribution in [0.1, 0.15) is 82.3 Å². The van der Waals surface area contributed by atoms with E-state index in [0.717, 1.165) is 35.7 Å². The maximum atomic E-state index is 6.03. The molecule has 0 bridgehead atoms. The standard InChI is InChI=1S/C21H34Cl2O2/c1-3-4-5-6-7-8-9-10-11-12-13-25-21-15-18(16-22)20(24-2)14-19(21)17-23/h14-15H,3-13,16-17H2,1-2H3. The van der Waals surface area contributed by atoms with Crippen LogP contribution in [0.5, 0.6) is 11.5 Å². The van der Waals surface area contributed by atoms with E-state index in [2.05, 4.69) is 6.92 Å². The quantitative estimate of drug-likeness (QED) is 0.229. The lowest BCUT2D eigenvalue weighted by Crippen LogP contribution is -2.02. The largest absolute Gasteiger partial charge is 0.496 e. The Bertz CT molecular complexity index is 463. The Kier molecular flexibility index (Phi) is 13.1. The summed E-state index contributed by atoms with van der Waals surface area (Å²) in [7, 11) is 1.65. The summed E-state index contributed by atoms with van der Waals surface area (Å²) in [5, 5.41) is 0. The lowest BCUT2D eigenvalue weighted by Gasteiger charge is -2.14. The number of rotatable bonds is 15. The molecule has 0 saturated carbocycles. The molecule has 0 N–H and O–H groups in total. The monoisotopic (exact) mass is 388 g/mol. The van der Waals surface area contributed by atoms with Gasteiger partial charge >= 0.3 is 0 Å². The molecule has 0 heterocycles. The highest BCUT2D eigenvalue weighted by Crippen LogP contribution is 2.31. The van der Waals surface area contributed by atoms with Crippen molar-refractivity contribution in [2.24, 2.45) is 0 Å². The third kappa shape index (κ3) is 9.06. The second-order valence-corrected chi connectivity index (χ2v) is 7.10. The van der Waals surface area contributed by atoms with Crippen LogP contribution < -0.4 is 9.47 Å². The number of methoxy groups -OCH3 is 1. The zero-order valence-corrected chi connectivity index (χ0v) is 17.4. The van der Waals surface area contributed by atoms with Crippen LogP contribution in [-0.2, 0) is 11.8 Å². The van der Waals surface area contributed by atoms with Crippen LogP contribution >= 0.6 is 23.2 Å². The summed E-state index contributed by atoms with van der Waals surface area (Å²) in [5.74, 6) is 2.42. The molecule has 0 amide bonds. The van der Waals surface area contributed by atoms with Crippen molar-refractivity contribution in [2.75, 3.05) is 13.7 Å². The van der Waals surface area contributed by atoms with E-state index in [-0.39, 0.29) is 0 Å². The van der Waals surface area contributed by atoms with E-state index in [1.54, 1.807) is 7.11 Å². The smallest absolute Gasteiger partial charge is 0.124 e. The normalized spacial score (nSPS) is 10.9. The van der Waals surface area contributed by atoms with Crippen molar-refractivity contribution in [3.8, 4) is 11.5 Å². The van der Waals surface area contributed by atoms with E-state index in [1.165, 1.54) is 57.8 Å². The predicted molar refractivity (Wildman–Crippen MR) is 109 cm³/mol. The zero-order valence-electron chi connectivity index (χ0n) is 15.9. The van der Waals surface area contributed by atoms with Crippen LogP contribution in [0.3, 0.4) is 0 Å². The van der Waals surface area contributed by atoms with Crippen LogP contribution in [0, 0.1) is 0 Å². The molecule has 0 saturated heterocycles. The second kappa shape index (κ2) is 14.6. The molecule has 0 fully saturated rings. The first kappa shape index (κ1) is 22.4. The summed E-state index contributed by atoms with van der Waals surface area (Å²) < 4.78 is 11.3. The van der Waals surface area contributed by atoms with E-state index in [9.17, 15) is 0 Å². The summed E-state index contributed by atoms with van der Waals surface area (Å²) in [4.78, 5) is 0. The number of benzene rings is 1. The average molecular weight is 389 g/mol. The fourth-order valence-electron chi connectivity index (χ4n) is 2.95. The molecule has 1 aromatic carbocycles. The van der Waals surface area contributed by atoms with E-state index in [1.807, 2.05) is 12.1 Å². The van der Waals surface area contributed by atoms with Crippen molar-refractivity contribution in [3.63, 3.8) is 0 Å². The molecule has 0 aliphatic rings. The fraction of sp³-hybridized carbons (Fsp3) is 0.714. The topological polar surface area (TPSA) is 18.5 Å². The number of halogens is 2. The van der Waals surface area contributed by atoms with Crippen molar-refractivity contribution in [3.05, 3.63) is 23.3 Å². The van der Waals surface area contributed by atoms with Crippen molar-refractivity contribution in [1.82, 2.24) is 0 Å². The highest BCUT2D eigenvalue weighted by atomic mass is 35.5. The minimum Gasteiger partial charge on any atom is -0.496 e. The van der Waals surface area contributed by atoms with E-state index < -0.39 is 0 Å². The first-order valence-corrected chi connectivity index (χ1v) is 10.8. The number of hydrogen-bond donors (Lipinski definition) is 0. The van der Waals surface area contributed by atoms with Gasteiger partial charge in [0.05, 0.1) is 25.5 Å². The van der Waals surface area contributed by atoms with Crippen molar-refractivity contribution in [2.45, 2.75) is 82.9 Å². The summed E-state index contributed by atoms with van der Waals surface area (Å²) in [6, 6.07) is 3.89. The van der Waals surface area contributed by atoms with Gasteiger partial charge in [-0.2, -0.15) is 0 Å². The van der Waals surface area contributed by atoms with Gasteiger partial charge in [0, 0.05) is 11.1 Å². The average Bonchev–Trinajstić information content (AvgIpc) is 2.65. The lowest BCUT2D eigenvalue weighted by molar-refractivity contribution is 0.301. The van der Waals surface area contributed by atoms with Crippen LogP contribution in [0.15, 0.2) is 12.1 Å². The fourth-order valence-corrected chi connectivity index (χ4v) is 3.37. The minimum atomic E-state index is 0.403. The van der Waals surface area contributed by atoms with Crippen molar-refractivity contribution in [1.29, 1.82) is 0 Å². The first-order valence-electron chi connectivity index (χ1n) is 9.71. The van der Waals surface area contributed by atoms with Crippen LogP contribution in [-0.4, -0.2) is 13.7 Å². The maximum absolute atomic E-state index is 6.03. The van der Waals surface area contributed by atoms with E-state index in [4.69, 9.17) is 32.7 Å². The predicted octanol–water partition coefficient (Wildman–Crippen LogP) is 7.47. The molecule has 0 atom stereocenters. The number of hydrogen-bond acceptors (Lipinski definition) is 2. The summed E-state index contributed by atoms with van der Waals surface area (Å²) >= 11 is 12.0. The van der Waals surface area contributed by atoms with Crippen LogP contribution in [0.4, 0.5) is 0 Å². The van der Waals surface area contributed by atoms with Gasteiger partial charge in [-0.15, -0.1) is 23.2 Å². The van der Waals surface area contributed by atoms with Gasteiger partial charge < -0.3 is 9.47 Å². The van der Waals surface area contributed by atoms with Crippen molar-refractivity contribution >= 4 is 23.2 Å². The molecular formula is C21H34Cl2O2. The number of unbranched alkanes of at least 4 members (excludes halogenated alkanes) is 9. The third-order valence-electron chi connectivity index (χ3n) is 4.51. The summed E-state index contributed by atoms with van der Waals surface area (Å²) in [6.07, 6.45) is 13.2. The van der Waals surface area contributed by atoms with Crippen LogP contribution in [0.2, 0.25) is 0 Å². The molecule has 0 unspecified atom stereocenters. The Morgan fingerprint density at radius 3 is 1.72 bits per heavy atom. The molecule has 0 aromatic heterocycles. The van der Waals surface area contributed by atoms with Gasteiger partial charge in [-0.3, -0.25) is 0 Å². The van der Waals surface area contributed by atoms with Gasteiger partial charge in [-0.1, -0.05) is 64.7 Å². The molecule has 4 heteroatoms. The molecule has 144 valence electrons. The van der Waals surface area contributed by atoms with Gasteiger partial charge in [0.15, 0.2) is 0 Å². The maximum Gasteiger partial charge on any atom is 0.124 e. The molecule has 0 aliphatic heterocycles. The Labute approximate surface area is 164 Å². The Hall–Kier alpha value is -0.600. The van der Waals surface area contributed by atoms with Gasteiger partial charge in [-0.25, -0.2) is 0 Å². The van der Waals surface area contributed by atoms with Crippen LogP contribution in [0.25, 0.3) is 0 Å². The first-order chi connectivity index (χ1) is 12.3. The summed E-state index contributed by atoms with van der Waals surface area (Å²) in [6.45, 7) is 3.00. The lowest BCUT2D eigenvalue weighted by atomic mass is 10.1. The van der Waals surface area contributed by atoms with E-state index in [0.29, 0.717) is 11.8 Å². The molecular weight excluding hydrogens is 355 g/mol.